The monoisotopic (exact) mass is 1010 g/mol. The zero-order chi connectivity index (χ0) is 54.7. The molecule has 0 saturated heterocycles. The molecule has 382 valence electrons. The topological polar surface area (TPSA) is 484 Å². The van der Waals surface area contributed by atoms with Gasteiger partial charge in [-0.15, -0.1) is 0 Å². The van der Waals surface area contributed by atoms with Crippen molar-refractivity contribution < 1.29 is 109 Å². The van der Waals surface area contributed by atoms with E-state index in [1.54, 1.807) is 48.8 Å². The third-order valence-electron chi connectivity index (χ3n) is 9.72. The van der Waals surface area contributed by atoms with Crippen LogP contribution in [0.1, 0.15) is 36.5 Å². The highest BCUT2D eigenvalue weighted by atomic mass is 16.4. The molecular weight excluding hydrogens is 961 g/mol. The Morgan fingerprint density at radius 2 is 0.889 bits per heavy atom. The lowest BCUT2D eigenvalue weighted by Gasteiger charge is -2.24. The summed E-state index contributed by atoms with van der Waals surface area (Å²) in [6.07, 6.45) is 2.77. The Labute approximate surface area is 402 Å². The summed E-state index contributed by atoms with van der Waals surface area (Å²) >= 11 is 0. The van der Waals surface area contributed by atoms with Crippen LogP contribution in [0.2, 0.25) is 0 Å². The van der Waals surface area contributed by atoms with Gasteiger partial charge in [-0.25, -0.2) is 33.6 Å². The molecule has 0 radical (unpaired) electrons. The van der Waals surface area contributed by atoms with Gasteiger partial charge >= 0.3 is 47.8 Å². The Morgan fingerprint density at radius 1 is 0.528 bits per heavy atom. The maximum Gasteiger partial charge on any atom is 0.372 e. The molecule has 6 aromatic rings. The van der Waals surface area contributed by atoms with Gasteiger partial charge in [0, 0.05) is 83.9 Å². The van der Waals surface area contributed by atoms with E-state index in [1.165, 1.54) is 6.20 Å². The molecule has 3 aromatic carbocycles. The molecule has 3 atom stereocenters. The van der Waals surface area contributed by atoms with E-state index >= 15 is 0 Å². The minimum absolute atomic E-state index is 0.0701. The van der Waals surface area contributed by atoms with Gasteiger partial charge in [0.1, 0.15) is 6.04 Å². The van der Waals surface area contributed by atoms with Gasteiger partial charge in [-0.2, -0.15) is 0 Å². The molecule has 0 saturated carbocycles. The molecule has 3 unspecified atom stereocenters. The van der Waals surface area contributed by atoms with Gasteiger partial charge in [-0.05, 0) is 34.9 Å². The molecule has 0 spiro atoms. The summed E-state index contributed by atoms with van der Waals surface area (Å²) in [5.41, 5.74) is 4.94. The van der Waals surface area contributed by atoms with Crippen LogP contribution in [-0.4, -0.2) is 153 Å². The van der Waals surface area contributed by atoms with Crippen LogP contribution in [0.15, 0.2) is 103 Å². The van der Waals surface area contributed by atoms with E-state index in [1.807, 2.05) is 36.4 Å². The number of nitrogens with two attached hydrogens (primary N) is 1. The number of rotatable bonds is 18. The van der Waals surface area contributed by atoms with Gasteiger partial charge in [-0.3, -0.25) is 19.2 Å². The van der Waals surface area contributed by atoms with Crippen molar-refractivity contribution in [1.29, 1.82) is 0 Å². The number of nitrogens with one attached hydrogen (secondary N) is 3. The summed E-state index contributed by atoms with van der Waals surface area (Å²) < 4.78 is 0. The largest absolute Gasteiger partial charge is 0.502 e. The van der Waals surface area contributed by atoms with Crippen molar-refractivity contribution >= 4 is 97.8 Å². The average molecular weight is 1010 g/mol. The Hall–Kier alpha value is -9.53. The Morgan fingerprint density at radius 3 is 1.21 bits per heavy atom. The fourth-order valence-electron chi connectivity index (χ4n) is 6.13. The van der Waals surface area contributed by atoms with Crippen molar-refractivity contribution in [3.63, 3.8) is 0 Å². The number of aromatic nitrogens is 3. The minimum Gasteiger partial charge on any atom is -0.502 e. The standard InChI is InChI=1S/C14H16N2O5.C14H13NO6.C11H9NO3.C4H4O5.C3H4O3/c15-10(12(17)18)6-14(21,13(19)20)5-8-7-16-11-4-2-1-3-9(8)11;16-11(12(17)18)6-14(21,13(19)20)5-8-7-15-10-4-2-1-3-9(8)10;13-10(11(14)15)5-7-6-12-9-4-2-1-3-8(7)9;5-2(4(8)9)1-3(6)7;1-2(4)3(5)6/h1-4,7,10,16,21H,5-6,15H2,(H,17,18)(H,19,20);1-4,7,15,21H,5-6H2,(H,17,18)(H,19,20);1-4,6,12H,5H2,(H,14,15);1,5H,(H,6,7)(H,8,9);1H3,(H,5,6)/b;;;2-1-;. The lowest BCUT2D eigenvalue weighted by molar-refractivity contribution is -0.163. The van der Waals surface area contributed by atoms with Crippen LogP contribution >= 0.6 is 0 Å². The van der Waals surface area contributed by atoms with Crippen molar-refractivity contribution in [1.82, 2.24) is 15.0 Å². The molecule has 0 bridgehead atoms. The van der Waals surface area contributed by atoms with Crippen molar-refractivity contribution in [2.45, 2.75) is 56.3 Å². The number of hydrogen-bond acceptors (Lipinski definition) is 15. The number of carbonyl (C=O) groups is 11. The number of hydrogen-bond donors (Lipinski definition) is 15. The quantitative estimate of drug-likeness (QED) is 0.0330. The van der Waals surface area contributed by atoms with Crippen molar-refractivity contribution in [2.75, 3.05) is 0 Å². The number of carboxylic acid groups (broad SMARTS) is 8. The fraction of sp³-hybridized carbons (Fsp3) is 0.196. The molecule has 6 rings (SSSR count). The summed E-state index contributed by atoms with van der Waals surface area (Å²) in [6.45, 7) is 1.00. The molecule has 0 aliphatic rings. The number of ketones is 3. The summed E-state index contributed by atoms with van der Waals surface area (Å²) in [5, 5.41) is 98.5. The van der Waals surface area contributed by atoms with Crippen LogP contribution in [0, 0.1) is 0 Å². The highest BCUT2D eigenvalue weighted by Gasteiger charge is 2.41. The van der Waals surface area contributed by atoms with Crippen molar-refractivity contribution in [3.05, 3.63) is 120 Å². The van der Waals surface area contributed by atoms with E-state index in [2.05, 4.69) is 15.0 Å². The number of aliphatic hydroxyl groups excluding tert-OH is 1. The molecule has 0 amide bonds. The van der Waals surface area contributed by atoms with Gasteiger partial charge in [0.15, 0.2) is 11.2 Å². The summed E-state index contributed by atoms with van der Waals surface area (Å²) in [6, 6.07) is 20.3. The van der Waals surface area contributed by atoms with Crippen molar-refractivity contribution in [2.24, 2.45) is 5.73 Å². The smallest absolute Gasteiger partial charge is 0.372 e. The number of carbonyl (C=O) groups excluding carboxylic acids is 3. The molecule has 3 aromatic heterocycles. The lowest BCUT2D eigenvalue weighted by atomic mass is 9.88. The Bertz CT molecular complexity index is 3020. The van der Waals surface area contributed by atoms with E-state index in [0.29, 0.717) is 16.5 Å². The highest BCUT2D eigenvalue weighted by molar-refractivity contribution is 6.34. The maximum atomic E-state index is 11.3. The normalized spacial score (nSPS) is 12.7. The first-order valence-corrected chi connectivity index (χ1v) is 20.2. The van der Waals surface area contributed by atoms with Crippen LogP contribution in [0.4, 0.5) is 0 Å². The Balaban J connectivity index is 0.000000328. The molecule has 0 fully saturated rings. The SMILES string of the molecule is CC(=O)C(=O)O.NC(CC(O)(Cc1c[nH]c2ccccc12)C(=O)O)C(=O)O.O=C(O)/C=C(\O)C(=O)O.O=C(O)C(=O)CC(O)(Cc1c[nH]c2ccccc12)C(=O)O.O=C(O)C(=O)Cc1c[nH]c2ccccc12. The number of aliphatic hydroxyl groups is 3. The van der Waals surface area contributed by atoms with Gasteiger partial charge in [-0.1, -0.05) is 54.6 Å². The third kappa shape index (κ3) is 17.5. The van der Waals surface area contributed by atoms with E-state index in [-0.39, 0.29) is 25.3 Å². The summed E-state index contributed by atoms with van der Waals surface area (Å²) in [7, 11) is 0. The maximum absolute atomic E-state index is 11.3. The van der Waals surface area contributed by atoms with E-state index in [0.717, 1.165) is 39.8 Å². The zero-order valence-corrected chi connectivity index (χ0v) is 37.3. The van der Waals surface area contributed by atoms with Crippen LogP contribution in [0.25, 0.3) is 32.7 Å². The third-order valence-corrected chi connectivity index (χ3v) is 9.72. The van der Waals surface area contributed by atoms with Crippen LogP contribution in [0.5, 0.6) is 0 Å². The minimum atomic E-state index is -2.46. The van der Waals surface area contributed by atoms with E-state index in [4.69, 9.17) is 46.6 Å². The number of aromatic amines is 3. The second kappa shape index (κ2) is 26.3. The molecule has 16 N–H and O–H groups in total. The second-order valence-corrected chi connectivity index (χ2v) is 15.1. The number of benzene rings is 3. The van der Waals surface area contributed by atoms with Gasteiger partial charge in [0.05, 0.1) is 12.5 Å². The fourth-order valence-corrected chi connectivity index (χ4v) is 6.13. The Kier molecular flexibility index (Phi) is 21.4. The number of aliphatic carboxylic acids is 8. The highest BCUT2D eigenvalue weighted by Crippen LogP contribution is 2.27. The average Bonchev–Trinajstić information content (AvgIpc) is 4.03. The molecule has 26 nitrogen and oxygen atoms in total. The molecule has 0 aliphatic carbocycles. The molecule has 72 heavy (non-hydrogen) atoms. The zero-order valence-electron chi connectivity index (χ0n) is 37.3. The first-order chi connectivity index (χ1) is 33.5. The number of Topliss-reactive ketones (excluding diaryl/α,β-unsaturated/α-hetero) is 3. The predicted molar refractivity (Wildman–Crippen MR) is 246 cm³/mol. The van der Waals surface area contributed by atoms with Crippen molar-refractivity contribution in [3.8, 4) is 0 Å². The van der Waals surface area contributed by atoms with Gasteiger partial charge < -0.3 is 76.9 Å². The molecule has 3 heterocycles. The number of H-pyrrole nitrogens is 3. The van der Waals surface area contributed by atoms with Crippen LogP contribution in [0.3, 0.4) is 0 Å². The number of fused-ring (bicyclic) bond motifs is 3. The van der Waals surface area contributed by atoms with Gasteiger partial charge in [0.25, 0.3) is 0 Å². The summed E-state index contributed by atoms with van der Waals surface area (Å²) in [5.74, 6) is -16.3. The molecular formula is C46H46N4O22. The molecule has 0 aliphatic heterocycles. The van der Waals surface area contributed by atoms with E-state index < -0.39 is 101 Å². The van der Waals surface area contributed by atoms with Crippen LogP contribution in [-0.2, 0) is 72.0 Å². The van der Waals surface area contributed by atoms with Crippen LogP contribution < -0.4 is 5.73 Å². The lowest BCUT2D eigenvalue weighted by Crippen LogP contribution is -2.48. The first-order valence-electron chi connectivity index (χ1n) is 20.2. The predicted octanol–water partition coefficient (Wildman–Crippen LogP) is 1.52. The second-order valence-electron chi connectivity index (χ2n) is 15.1. The number of para-hydroxylation sites is 3. The first kappa shape index (κ1) is 58.6. The number of carboxylic acids is 8. The summed E-state index contributed by atoms with van der Waals surface area (Å²) in [4.78, 5) is 124. The molecule has 26 heteroatoms. The van der Waals surface area contributed by atoms with Gasteiger partial charge in [0.2, 0.25) is 23.1 Å². The van der Waals surface area contributed by atoms with E-state index in [9.17, 15) is 68.1 Å².